The van der Waals surface area contributed by atoms with Crippen LogP contribution in [-0.2, 0) is 0 Å². The third kappa shape index (κ3) is 3.94. The minimum Gasteiger partial charge on any atom is -0.494 e. The number of rotatable bonds is 6. The number of benzene rings is 2. The molecule has 2 rings (SSSR count). The van der Waals surface area contributed by atoms with Gasteiger partial charge in [0, 0.05) is 10.0 Å². The fourth-order valence-corrected chi connectivity index (χ4v) is 2.53. The molecule has 24 heavy (non-hydrogen) atoms. The fourth-order valence-electron chi connectivity index (χ4n) is 2.08. The molecule has 0 atom stereocenters. The van der Waals surface area contributed by atoms with Crippen LogP contribution in [0.15, 0.2) is 40.9 Å². The molecule has 6 heteroatoms. The topological polar surface area (TPSA) is 44.8 Å². The number of carbonyl (C=O) groups is 1. The van der Waals surface area contributed by atoms with E-state index in [0.717, 1.165) is 16.1 Å². The van der Waals surface area contributed by atoms with E-state index in [1.54, 1.807) is 25.3 Å². The predicted molar refractivity (Wildman–Crippen MR) is 93.6 cm³/mol. The van der Waals surface area contributed by atoms with Gasteiger partial charge in [-0.2, -0.15) is 0 Å². The monoisotopic (exact) mass is 394 g/mol. The van der Waals surface area contributed by atoms with E-state index >= 15 is 0 Å². The number of halogens is 2. The molecule has 2 aromatic carbocycles. The first-order valence-corrected chi connectivity index (χ1v) is 7.77. The van der Waals surface area contributed by atoms with Crippen molar-refractivity contribution in [2.75, 3.05) is 21.3 Å². The second-order valence-electron chi connectivity index (χ2n) is 4.78. The van der Waals surface area contributed by atoms with Gasteiger partial charge in [-0.1, -0.05) is 15.9 Å². The molecule has 0 heterocycles. The Kier molecular flexibility index (Phi) is 5.98. The summed E-state index contributed by atoms with van der Waals surface area (Å²) in [6.07, 6.45) is 2.99. The second-order valence-corrected chi connectivity index (χ2v) is 5.63. The molecule has 0 aliphatic heterocycles. The smallest absolute Gasteiger partial charge is 0.185 e. The summed E-state index contributed by atoms with van der Waals surface area (Å²) in [6, 6.07) is 7.56. The number of carbonyl (C=O) groups excluding carboxylic acids is 1. The molecule has 0 saturated carbocycles. The highest BCUT2D eigenvalue weighted by atomic mass is 79.9. The highest BCUT2D eigenvalue weighted by Gasteiger charge is 2.10. The average molecular weight is 395 g/mol. The third-order valence-corrected chi connectivity index (χ3v) is 4.04. The lowest BCUT2D eigenvalue weighted by Gasteiger charge is -2.09. The maximum Gasteiger partial charge on any atom is 0.185 e. The van der Waals surface area contributed by atoms with Crippen LogP contribution < -0.4 is 14.2 Å². The maximum atomic E-state index is 13.7. The molecule has 2 aromatic rings. The van der Waals surface area contributed by atoms with E-state index in [0.29, 0.717) is 11.5 Å². The van der Waals surface area contributed by atoms with Gasteiger partial charge in [0.05, 0.1) is 21.3 Å². The molecule has 0 aromatic heterocycles. The largest absolute Gasteiger partial charge is 0.494 e. The standard InChI is InChI=1S/C18H16BrFO4/c1-22-16-7-5-12(8-14(16)20)15(21)6-4-11-9-17(23-2)18(24-3)10-13(11)19/h4-10H,1-3H3/b6-4+. The summed E-state index contributed by atoms with van der Waals surface area (Å²) in [5.41, 5.74) is 0.969. The zero-order valence-corrected chi connectivity index (χ0v) is 15.0. The minimum absolute atomic E-state index is 0.0955. The summed E-state index contributed by atoms with van der Waals surface area (Å²) in [5, 5.41) is 0. The molecule has 0 radical (unpaired) electrons. The van der Waals surface area contributed by atoms with Crippen molar-refractivity contribution in [2.45, 2.75) is 0 Å². The molecule has 4 nitrogen and oxygen atoms in total. The van der Waals surface area contributed by atoms with Crippen LogP contribution in [0.1, 0.15) is 15.9 Å². The van der Waals surface area contributed by atoms with E-state index in [1.807, 2.05) is 0 Å². The van der Waals surface area contributed by atoms with Gasteiger partial charge in [0.25, 0.3) is 0 Å². The van der Waals surface area contributed by atoms with Crippen LogP contribution in [0.2, 0.25) is 0 Å². The van der Waals surface area contributed by atoms with E-state index in [1.165, 1.54) is 32.4 Å². The number of allylic oxidation sites excluding steroid dienone is 1. The van der Waals surface area contributed by atoms with Crippen molar-refractivity contribution in [2.24, 2.45) is 0 Å². The van der Waals surface area contributed by atoms with Crippen molar-refractivity contribution >= 4 is 27.8 Å². The Bertz CT molecular complexity index is 787. The summed E-state index contributed by atoms with van der Waals surface area (Å²) in [5.74, 6) is 0.314. The van der Waals surface area contributed by atoms with Crippen LogP contribution in [0.5, 0.6) is 17.2 Å². The molecule has 126 valence electrons. The van der Waals surface area contributed by atoms with Crippen molar-refractivity contribution in [3.63, 3.8) is 0 Å². The molecular weight excluding hydrogens is 379 g/mol. The summed E-state index contributed by atoms with van der Waals surface area (Å²) < 4.78 is 29.7. The molecular formula is C18H16BrFO4. The van der Waals surface area contributed by atoms with E-state index < -0.39 is 5.82 Å². The van der Waals surface area contributed by atoms with E-state index in [4.69, 9.17) is 14.2 Å². The first-order valence-electron chi connectivity index (χ1n) is 6.97. The van der Waals surface area contributed by atoms with E-state index in [9.17, 15) is 9.18 Å². The van der Waals surface area contributed by atoms with Gasteiger partial charge in [-0.05, 0) is 48.0 Å². The van der Waals surface area contributed by atoms with Gasteiger partial charge in [-0.25, -0.2) is 4.39 Å². The molecule has 0 spiro atoms. The van der Waals surface area contributed by atoms with Gasteiger partial charge in [0.2, 0.25) is 0 Å². The van der Waals surface area contributed by atoms with Crippen LogP contribution in [0.3, 0.4) is 0 Å². The highest BCUT2D eigenvalue weighted by molar-refractivity contribution is 9.10. The van der Waals surface area contributed by atoms with Crippen molar-refractivity contribution in [3.8, 4) is 17.2 Å². The lowest BCUT2D eigenvalue weighted by Crippen LogP contribution is -1.97. The van der Waals surface area contributed by atoms with Crippen molar-refractivity contribution in [1.82, 2.24) is 0 Å². The van der Waals surface area contributed by atoms with Crippen LogP contribution in [0.25, 0.3) is 6.08 Å². The minimum atomic E-state index is -0.580. The lowest BCUT2D eigenvalue weighted by atomic mass is 10.1. The maximum absolute atomic E-state index is 13.7. The molecule has 0 amide bonds. The molecule has 0 fully saturated rings. The number of methoxy groups -OCH3 is 3. The molecule has 0 bridgehead atoms. The lowest BCUT2D eigenvalue weighted by molar-refractivity contribution is 0.104. The van der Waals surface area contributed by atoms with Gasteiger partial charge in [-0.15, -0.1) is 0 Å². The van der Waals surface area contributed by atoms with Crippen LogP contribution in [0, 0.1) is 5.82 Å². The zero-order chi connectivity index (χ0) is 17.7. The van der Waals surface area contributed by atoms with Gasteiger partial charge in [0.15, 0.2) is 28.8 Å². The molecule has 0 aliphatic rings. The van der Waals surface area contributed by atoms with Crippen LogP contribution in [0.4, 0.5) is 4.39 Å². The first-order chi connectivity index (χ1) is 11.5. The fraction of sp³-hybridized carbons (Fsp3) is 0.167. The van der Waals surface area contributed by atoms with Crippen molar-refractivity contribution in [3.05, 3.63) is 57.8 Å². The SMILES string of the molecule is COc1ccc(C(=O)/C=C/c2cc(OC)c(OC)cc2Br)cc1F. The zero-order valence-electron chi connectivity index (χ0n) is 13.4. The predicted octanol–water partition coefficient (Wildman–Crippen LogP) is 4.51. The quantitative estimate of drug-likeness (QED) is 0.533. The average Bonchev–Trinajstić information content (AvgIpc) is 2.59. The highest BCUT2D eigenvalue weighted by Crippen LogP contribution is 2.34. The molecule has 0 N–H and O–H groups in total. The Hall–Kier alpha value is -2.34. The number of ketones is 1. The Morgan fingerprint density at radius 1 is 1.00 bits per heavy atom. The second kappa shape index (κ2) is 7.97. The summed E-state index contributed by atoms with van der Waals surface area (Å²) in [7, 11) is 4.44. The number of ether oxygens (including phenoxy) is 3. The normalized spacial score (nSPS) is 10.7. The van der Waals surface area contributed by atoms with Crippen LogP contribution in [-0.4, -0.2) is 27.1 Å². The molecule has 0 unspecified atom stereocenters. The van der Waals surface area contributed by atoms with Gasteiger partial charge in [0.1, 0.15) is 0 Å². The van der Waals surface area contributed by atoms with Crippen LogP contribution >= 0.6 is 15.9 Å². The Balaban J connectivity index is 2.27. The number of hydrogen-bond acceptors (Lipinski definition) is 4. The summed E-state index contributed by atoms with van der Waals surface area (Å²) >= 11 is 3.41. The first kappa shape index (κ1) is 18.0. The van der Waals surface area contributed by atoms with Gasteiger partial charge in [-0.3, -0.25) is 4.79 Å². The number of hydrogen-bond donors (Lipinski definition) is 0. The summed E-state index contributed by atoms with van der Waals surface area (Å²) in [4.78, 5) is 12.2. The Labute approximate surface area is 148 Å². The van der Waals surface area contributed by atoms with E-state index in [-0.39, 0.29) is 17.1 Å². The van der Waals surface area contributed by atoms with E-state index in [2.05, 4.69) is 15.9 Å². The van der Waals surface area contributed by atoms with Gasteiger partial charge < -0.3 is 14.2 Å². The van der Waals surface area contributed by atoms with Gasteiger partial charge >= 0.3 is 0 Å². The molecule has 0 saturated heterocycles. The summed E-state index contributed by atoms with van der Waals surface area (Å²) in [6.45, 7) is 0. The molecule has 0 aliphatic carbocycles. The van der Waals surface area contributed by atoms with Crippen molar-refractivity contribution in [1.29, 1.82) is 0 Å². The Morgan fingerprint density at radius 2 is 1.62 bits per heavy atom. The Morgan fingerprint density at radius 3 is 2.21 bits per heavy atom. The van der Waals surface area contributed by atoms with Crippen molar-refractivity contribution < 1.29 is 23.4 Å². The third-order valence-electron chi connectivity index (χ3n) is 3.35.